The molecule has 0 radical (unpaired) electrons. The van der Waals surface area contributed by atoms with Crippen LogP contribution in [0, 0.1) is 0 Å². The Morgan fingerprint density at radius 3 is 2.76 bits per heavy atom. The van der Waals surface area contributed by atoms with Crippen LogP contribution in [-0.4, -0.2) is 40.7 Å². The van der Waals surface area contributed by atoms with Gasteiger partial charge in [0.25, 0.3) is 0 Å². The number of ether oxygens (including phenoxy) is 1. The van der Waals surface area contributed by atoms with Gasteiger partial charge >= 0.3 is 0 Å². The van der Waals surface area contributed by atoms with Crippen LogP contribution in [0.5, 0.6) is 0 Å². The summed E-state index contributed by atoms with van der Waals surface area (Å²) in [5.41, 5.74) is 0. The summed E-state index contributed by atoms with van der Waals surface area (Å²) in [5.74, 6) is 0.660. The molecule has 1 rings (SSSR count). The fraction of sp³-hybridized carbons (Fsp3) is 0.583. The molecule has 1 aromatic heterocycles. The molecule has 4 N–H and O–H groups in total. The third-order valence-electron chi connectivity index (χ3n) is 2.45. The SMILES string of the molecule is CCNC(=NCc1ccc(S(N)(=O)=O)s1)NC(C)COC. The van der Waals surface area contributed by atoms with Crippen molar-refractivity contribution >= 4 is 27.3 Å². The van der Waals surface area contributed by atoms with Crippen LogP contribution in [0.2, 0.25) is 0 Å². The van der Waals surface area contributed by atoms with Crippen molar-refractivity contribution in [3.8, 4) is 0 Å². The summed E-state index contributed by atoms with van der Waals surface area (Å²) in [6, 6.07) is 3.34. The summed E-state index contributed by atoms with van der Waals surface area (Å²) < 4.78 is 27.6. The first-order valence-electron chi connectivity index (χ1n) is 6.52. The van der Waals surface area contributed by atoms with Crippen LogP contribution >= 0.6 is 11.3 Å². The molecule has 0 aliphatic carbocycles. The fourth-order valence-electron chi connectivity index (χ4n) is 1.60. The van der Waals surface area contributed by atoms with Gasteiger partial charge in [-0.1, -0.05) is 0 Å². The van der Waals surface area contributed by atoms with E-state index in [1.807, 2.05) is 13.8 Å². The molecule has 0 aliphatic rings. The third kappa shape index (κ3) is 6.42. The predicted octanol–water partition coefficient (Wildman–Crippen LogP) is 0.486. The van der Waals surface area contributed by atoms with Crippen molar-refractivity contribution in [2.45, 2.75) is 30.6 Å². The Morgan fingerprint density at radius 1 is 1.52 bits per heavy atom. The lowest BCUT2D eigenvalue weighted by Crippen LogP contribution is -2.43. The molecule has 0 saturated carbocycles. The maximum atomic E-state index is 11.2. The molecule has 1 heterocycles. The number of nitrogens with two attached hydrogens (primary N) is 1. The summed E-state index contributed by atoms with van der Waals surface area (Å²) in [5, 5.41) is 11.4. The number of nitrogens with one attached hydrogen (secondary N) is 2. The normalized spacial score (nSPS) is 14.0. The minimum atomic E-state index is -3.63. The molecular weight excluding hydrogens is 312 g/mol. The maximum Gasteiger partial charge on any atom is 0.247 e. The molecule has 0 saturated heterocycles. The minimum Gasteiger partial charge on any atom is -0.383 e. The van der Waals surface area contributed by atoms with Gasteiger partial charge in [0, 0.05) is 24.6 Å². The molecule has 0 aromatic carbocycles. The Bertz CT molecular complexity index is 569. The number of sulfonamides is 1. The van der Waals surface area contributed by atoms with E-state index < -0.39 is 10.0 Å². The lowest BCUT2D eigenvalue weighted by atomic mass is 10.4. The average molecular weight is 334 g/mol. The number of hydrogen-bond donors (Lipinski definition) is 3. The third-order valence-corrected chi connectivity index (χ3v) is 4.96. The average Bonchev–Trinajstić information content (AvgIpc) is 2.85. The van der Waals surface area contributed by atoms with Crippen molar-refractivity contribution in [3.63, 3.8) is 0 Å². The molecule has 0 aliphatic heterocycles. The van der Waals surface area contributed by atoms with Crippen LogP contribution in [0.4, 0.5) is 0 Å². The van der Waals surface area contributed by atoms with Crippen molar-refractivity contribution in [2.24, 2.45) is 10.1 Å². The van der Waals surface area contributed by atoms with Gasteiger partial charge in [0.15, 0.2) is 5.96 Å². The minimum absolute atomic E-state index is 0.121. The highest BCUT2D eigenvalue weighted by Gasteiger charge is 2.11. The van der Waals surface area contributed by atoms with E-state index in [1.54, 1.807) is 13.2 Å². The Hall–Kier alpha value is -1.16. The maximum absolute atomic E-state index is 11.2. The van der Waals surface area contributed by atoms with Gasteiger partial charge in [-0.3, -0.25) is 0 Å². The summed E-state index contributed by atoms with van der Waals surface area (Å²) in [6.45, 7) is 5.65. The van der Waals surface area contributed by atoms with E-state index in [2.05, 4.69) is 15.6 Å². The summed E-state index contributed by atoms with van der Waals surface area (Å²) in [4.78, 5) is 5.24. The van der Waals surface area contributed by atoms with Crippen LogP contribution in [0.3, 0.4) is 0 Å². The van der Waals surface area contributed by atoms with Gasteiger partial charge in [0.1, 0.15) is 4.21 Å². The Balaban J connectivity index is 2.71. The first-order valence-corrected chi connectivity index (χ1v) is 8.88. The molecule has 1 aromatic rings. The summed E-state index contributed by atoms with van der Waals surface area (Å²) in [7, 11) is -1.99. The first-order chi connectivity index (χ1) is 9.86. The molecule has 1 unspecified atom stereocenters. The van der Waals surface area contributed by atoms with Crippen molar-refractivity contribution < 1.29 is 13.2 Å². The number of hydrogen-bond acceptors (Lipinski definition) is 5. The largest absolute Gasteiger partial charge is 0.383 e. The van der Waals surface area contributed by atoms with E-state index >= 15 is 0 Å². The molecular formula is C12H22N4O3S2. The standard InChI is InChI=1S/C12H22N4O3S2/c1-4-14-12(16-9(2)8-19-3)15-7-10-5-6-11(20-10)21(13,17)18/h5-6,9H,4,7-8H2,1-3H3,(H2,13,17,18)(H2,14,15,16). The zero-order chi connectivity index (χ0) is 15.9. The Kier molecular flexibility index (Phi) is 7.09. The topological polar surface area (TPSA) is 106 Å². The second kappa shape index (κ2) is 8.32. The van der Waals surface area contributed by atoms with E-state index in [4.69, 9.17) is 9.88 Å². The van der Waals surface area contributed by atoms with E-state index in [9.17, 15) is 8.42 Å². The summed E-state index contributed by atoms with van der Waals surface area (Å²) in [6.07, 6.45) is 0. The van der Waals surface area contributed by atoms with Gasteiger partial charge in [0.2, 0.25) is 10.0 Å². The number of nitrogens with zero attached hydrogens (tertiary/aromatic N) is 1. The highest BCUT2D eigenvalue weighted by molar-refractivity contribution is 7.91. The van der Waals surface area contributed by atoms with Gasteiger partial charge in [-0.15, -0.1) is 11.3 Å². The lowest BCUT2D eigenvalue weighted by Gasteiger charge is -2.16. The van der Waals surface area contributed by atoms with Crippen molar-refractivity contribution in [3.05, 3.63) is 17.0 Å². The number of aliphatic imine (C=N–C) groups is 1. The lowest BCUT2D eigenvalue weighted by molar-refractivity contribution is 0.179. The number of primary sulfonamides is 1. The van der Waals surface area contributed by atoms with Gasteiger partial charge in [-0.2, -0.15) is 0 Å². The van der Waals surface area contributed by atoms with Crippen molar-refractivity contribution in [1.82, 2.24) is 10.6 Å². The second-order valence-corrected chi connectivity index (χ2v) is 7.42. The monoisotopic (exact) mass is 334 g/mol. The number of thiophene rings is 1. The zero-order valence-corrected chi connectivity index (χ0v) is 14.1. The molecule has 21 heavy (non-hydrogen) atoms. The smallest absolute Gasteiger partial charge is 0.247 e. The van der Waals surface area contributed by atoms with Crippen LogP contribution in [0.15, 0.2) is 21.3 Å². The number of rotatable bonds is 7. The van der Waals surface area contributed by atoms with E-state index in [0.29, 0.717) is 19.1 Å². The molecule has 9 heteroatoms. The van der Waals surface area contributed by atoms with Gasteiger partial charge in [0.05, 0.1) is 13.2 Å². The Labute approximate surface area is 129 Å². The van der Waals surface area contributed by atoms with Crippen molar-refractivity contribution in [1.29, 1.82) is 0 Å². The van der Waals surface area contributed by atoms with Crippen molar-refractivity contribution in [2.75, 3.05) is 20.3 Å². The van der Waals surface area contributed by atoms with Crippen LogP contribution in [0.1, 0.15) is 18.7 Å². The highest BCUT2D eigenvalue weighted by atomic mass is 32.2. The second-order valence-electron chi connectivity index (χ2n) is 4.46. The van der Waals surface area contributed by atoms with Crippen LogP contribution in [0.25, 0.3) is 0 Å². The van der Waals surface area contributed by atoms with Gasteiger partial charge in [-0.25, -0.2) is 18.5 Å². The first kappa shape index (κ1) is 17.9. The molecule has 0 amide bonds. The summed E-state index contributed by atoms with van der Waals surface area (Å²) >= 11 is 1.13. The number of guanidine groups is 1. The predicted molar refractivity (Wildman–Crippen MR) is 85.0 cm³/mol. The molecule has 120 valence electrons. The quantitative estimate of drug-likeness (QED) is 0.497. The molecule has 0 bridgehead atoms. The molecule has 0 spiro atoms. The molecule has 7 nitrogen and oxygen atoms in total. The van der Waals surface area contributed by atoms with E-state index in [-0.39, 0.29) is 10.3 Å². The van der Waals surface area contributed by atoms with Crippen LogP contribution < -0.4 is 15.8 Å². The molecule has 1 atom stereocenters. The van der Waals surface area contributed by atoms with Gasteiger partial charge in [-0.05, 0) is 26.0 Å². The molecule has 0 fully saturated rings. The van der Waals surface area contributed by atoms with Gasteiger partial charge < -0.3 is 15.4 Å². The van der Waals surface area contributed by atoms with E-state index in [1.165, 1.54) is 6.07 Å². The highest BCUT2D eigenvalue weighted by Crippen LogP contribution is 2.20. The fourth-order valence-corrected chi connectivity index (χ4v) is 3.30. The number of methoxy groups -OCH3 is 1. The zero-order valence-electron chi connectivity index (χ0n) is 12.4. The van der Waals surface area contributed by atoms with Crippen LogP contribution in [-0.2, 0) is 21.3 Å². The van der Waals surface area contributed by atoms with E-state index in [0.717, 1.165) is 22.8 Å². The Morgan fingerprint density at radius 2 is 2.24 bits per heavy atom.